The van der Waals surface area contributed by atoms with Crippen LogP contribution >= 0.6 is 0 Å². The van der Waals surface area contributed by atoms with Crippen LogP contribution < -0.4 is 10.1 Å². The van der Waals surface area contributed by atoms with Crippen LogP contribution in [0.3, 0.4) is 0 Å². The van der Waals surface area contributed by atoms with Gasteiger partial charge in [-0.3, -0.25) is 0 Å². The molecule has 1 N–H and O–H groups in total. The van der Waals surface area contributed by atoms with Crippen molar-refractivity contribution < 1.29 is 4.74 Å². The molecule has 0 radical (unpaired) electrons. The highest BCUT2D eigenvalue weighted by Gasteiger charge is 2.10. The first-order valence-corrected chi connectivity index (χ1v) is 7.41. The van der Waals surface area contributed by atoms with Gasteiger partial charge in [-0.15, -0.1) is 0 Å². The molecule has 4 nitrogen and oxygen atoms in total. The Balaban J connectivity index is 2.57. The number of unbranched alkanes of at least 4 members (excludes halogenated alkanes) is 1. The fourth-order valence-corrected chi connectivity index (χ4v) is 1.91. The van der Waals surface area contributed by atoms with Crippen LogP contribution in [0, 0.1) is 12.8 Å². The number of aromatic nitrogens is 2. The van der Waals surface area contributed by atoms with Gasteiger partial charge in [0, 0.05) is 18.3 Å². The highest BCUT2D eigenvalue weighted by Crippen LogP contribution is 2.19. The standard InChI is InChI=1S/C15H27N3O/c1-5-8-9-13(6-2)11-19-14-12(4)10-17-15(18-14)16-7-3/h10,13H,5-9,11H2,1-4H3,(H,16,17,18). The molecule has 0 saturated carbocycles. The average molecular weight is 265 g/mol. The number of anilines is 1. The first-order chi connectivity index (χ1) is 9.21. The van der Waals surface area contributed by atoms with Crippen molar-refractivity contribution in [1.82, 2.24) is 9.97 Å². The number of nitrogens with one attached hydrogen (secondary N) is 1. The van der Waals surface area contributed by atoms with Crippen LogP contribution in [0.2, 0.25) is 0 Å². The van der Waals surface area contributed by atoms with E-state index in [4.69, 9.17) is 4.74 Å². The topological polar surface area (TPSA) is 47.0 Å². The second-order valence-corrected chi connectivity index (χ2v) is 4.94. The number of hydrogen-bond donors (Lipinski definition) is 1. The van der Waals surface area contributed by atoms with Gasteiger partial charge in [-0.25, -0.2) is 4.98 Å². The van der Waals surface area contributed by atoms with Gasteiger partial charge >= 0.3 is 0 Å². The zero-order valence-corrected chi connectivity index (χ0v) is 12.7. The van der Waals surface area contributed by atoms with E-state index in [-0.39, 0.29) is 0 Å². The van der Waals surface area contributed by atoms with Gasteiger partial charge in [0.1, 0.15) is 0 Å². The highest BCUT2D eigenvalue weighted by molar-refractivity contribution is 5.32. The molecule has 0 amide bonds. The highest BCUT2D eigenvalue weighted by atomic mass is 16.5. The molecule has 1 rings (SSSR count). The summed E-state index contributed by atoms with van der Waals surface area (Å²) in [4.78, 5) is 8.63. The summed E-state index contributed by atoms with van der Waals surface area (Å²) >= 11 is 0. The summed E-state index contributed by atoms with van der Waals surface area (Å²) in [5.74, 6) is 1.97. The first-order valence-electron chi connectivity index (χ1n) is 7.41. The molecule has 0 saturated heterocycles. The van der Waals surface area contributed by atoms with E-state index in [0.717, 1.165) is 25.1 Å². The van der Waals surface area contributed by atoms with Crippen molar-refractivity contribution in [3.05, 3.63) is 11.8 Å². The second-order valence-electron chi connectivity index (χ2n) is 4.94. The molecule has 0 fully saturated rings. The van der Waals surface area contributed by atoms with Gasteiger partial charge in [0.15, 0.2) is 0 Å². The van der Waals surface area contributed by atoms with Crippen LogP contribution in [0.1, 0.15) is 52.0 Å². The lowest BCUT2D eigenvalue weighted by molar-refractivity contribution is 0.224. The Labute approximate surface area is 117 Å². The Kier molecular flexibility index (Phi) is 7.23. The minimum atomic E-state index is 0.622. The predicted molar refractivity (Wildman–Crippen MR) is 79.7 cm³/mol. The van der Waals surface area contributed by atoms with E-state index in [1.807, 2.05) is 20.0 Å². The first kappa shape index (κ1) is 15.7. The van der Waals surface area contributed by atoms with Crippen molar-refractivity contribution >= 4 is 5.95 Å². The normalized spacial score (nSPS) is 12.2. The molecule has 0 spiro atoms. The van der Waals surface area contributed by atoms with Gasteiger partial charge in [0.05, 0.1) is 6.61 Å². The van der Waals surface area contributed by atoms with Crippen LogP contribution in [0.5, 0.6) is 5.88 Å². The molecule has 1 aromatic heterocycles. The summed E-state index contributed by atoms with van der Waals surface area (Å²) in [6.45, 7) is 10.0. The van der Waals surface area contributed by atoms with Crippen molar-refractivity contribution in [2.24, 2.45) is 5.92 Å². The maximum absolute atomic E-state index is 5.88. The van der Waals surface area contributed by atoms with Crippen molar-refractivity contribution in [2.45, 2.75) is 53.4 Å². The number of aryl methyl sites for hydroxylation is 1. The third kappa shape index (κ3) is 5.45. The SMILES string of the molecule is CCCCC(CC)COc1nc(NCC)ncc1C. The zero-order chi connectivity index (χ0) is 14.1. The monoisotopic (exact) mass is 265 g/mol. The lowest BCUT2D eigenvalue weighted by Crippen LogP contribution is -2.13. The molecule has 0 bridgehead atoms. The fourth-order valence-electron chi connectivity index (χ4n) is 1.91. The zero-order valence-electron chi connectivity index (χ0n) is 12.7. The fraction of sp³-hybridized carbons (Fsp3) is 0.733. The molecule has 1 unspecified atom stereocenters. The molecule has 0 aromatic carbocycles. The predicted octanol–water partition coefficient (Wildman–Crippen LogP) is 3.81. The van der Waals surface area contributed by atoms with E-state index in [0.29, 0.717) is 17.7 Å². The Bertz CT molecular complexity index is 368. The molecule has 1 aromatic rings. The van der Waals surface area contributed by atoms with Crippen LogP contribution in [-0.4, -0.2) is 23.1 Å². The van der Waals surface area contributed by atoms with E-state index in [2.05, 4.69) is 29.1 Å². The molecule has 1 atom stereocenters. The molecule has 0 aliphatic rings. The van der Waals surface area contributed by atoms with Gasteiger partial charge in [0.25, 0.3) is 0 Å². The Morgan fingerprint density at radius 1 is 1.32 bits per heavy atom. The van der Waals surface area contributed by atoms with E-state index >= 15 is 0 Å². The van der Waals surface area contributed by atoms with Crippen LogP contribution in [0.4, 0.5) is 5.95 Å². The second kappa shape index (κ2) is 8.73. The van der Waals surface area contributed by atoms with Crippen molar-refractivity contribution in [3.8, 4) is 5.88 Å². The quantitative estimate of drug-likeness (QED) is 0.737. The van der Waals surface area contributed by atoms with Crippen molar-refractivity contribution in [1.29, 1.82) is 0 Å². The van der Waals surface area contributed by atoms with Crippen molar-refractivity contribution in [2.75, 3.05) is 18.5 Å². The van der Waals surface area contributed by atoms with E-state index < -0.39 is 0 Å². The lowest BCUT2D eigenvalue weighted by atomic mass is 10.0. The smallest absolute Gasteiger partial charge is 0.225 e. The third-order valence-electron chi connectivity index (χ3n) is 3.26. The minimum absolute atomic E-state index is 0.622. The maximum Gasteiger partial charge on any atom is 0.225 e. The number of rotatable bonds is 9. The maximum atomic E-state index is 5.88. The summed E-state index contributed by atoms with van der Waals surface area (Å²) in [5.41, 5.74) is 0.993. The van der Waals surface area contributed by atoms with E-state index in [1.54, 1.807) is 0 Å². The Morgan fingerprint density at radius 3 is 2.74 bits per heavy atom. The van der Waals surface area contributed by atoms with E-state index in [9.17, 15) is 0 Å². The van der Waals surface area contributed by atoms with E-state index in [1.165, 1.54) is 19.3 Å². The van der Waals surface area contributed by atoms with Crippen molar-refractivity contribution in [3.63, 3.8) is 0 Å². The summed E-state index contributed by atoms with van der Waals surface area (Å²) in [6, 6.07) is 0. The van der Waals surface area contributed by atoms with Gasteiger partial charge in [0.2, 0.25) is 11.8 Å². The lowest BCUT2D eigenvalue weighted by Gasteiger charge is -2.16. The summed E-state index contributed by atoms with van der Waals surface area (Å²) < 4.78 is 5.88. The van der Waals surface area contributed by atoms with Crippen LogP contribution in [-0.2, 0) is 0 Å². The number of ether oxygens (including phenoxy) is 1. The molecular weight excluding hydrogens is 238 g/mol. The van der Waals surface area contributed by atoms with Gasteiger partial charge in [-0.1, -0.05) is 33.1 Å². The number of hydrogen-bond acceptors (Lipinski definition) is 4. The van der Waals surface area contributed by atoms with Gasteiger partial charge in [-0.05, 0) is 26.2 Å². The minimum Gasteiger partial charge on any atom is -0.477 e. The van der Waals surface area contributed by atoms with Gasteiger partial charge < -0.3 is 10.1 Å². The third-order valence-corrected chi connectivity index (χ3v) is 3.26. The largest absolute Gasteiger partial charge is 0.477 e. The summed E-state index contributed by atoms with van der Waals surface area (Å²) in [6.07, 6.45) is 6.72. The molecule has 4 heteroatoms. The number of nitrogens with zero attached hydrogens (tertiary/aromatic N) is 2. The molecular formula is C15H27N3O. The van der Waals surface area contributed by atoms with Gasteiger partial charge in [-0.2, -0.15) is 4.98 Å². The average Bonchev–Trinajstić information content (AvgIpc) is 2.42. The molecule has 0 aliphatic heterocycles. The van der Waals surface area contributed by atoms with Crippen LogP contribution in [0.15, 0.2) is 6.20 Å². The Morgan fingerprint density at radius 2 is 2.11 bits per heavy atom. The Hall–Kier alpha value is -1.32. The molecule has 108 valence electrons. The van der Waals surface area contributed by atoms with Crippen LogP contribution in [0.25, 0.3) is 0 Å². The molecule has 19 heavy (non-hydrogen) atoms. The molecule has 0 aliphatic carbocycles. The summed E-state index contributed by atoms with van der Waals surface area (Å²) in [7, 11) is 0. The molecule has 1 heterocycles. The summed E-state index contributed by atoms with van der Waals surface area (Å²) in [5, 5.41) is 3.11.